The van der Waals surface area contributed by atoms with E-state index in [2.05, 4.69) is 5.32 Å². The van der Waals surface area contributed by atoms with Crippen LogP contribution >= 0.6 is 0 Å². The molecule has 2 amide bonds. The van der Waals surface area contributed by atoms with E-state index in [1.54, 1.807) is 4.90 Å². The van der Waals surface area contributed by atoms with Crippen molar-refractivity contribution in [3.05, 3.63) is 0 Å². The summed E-state index contributed by atoms with van der Waals surface area (Å²) in [5.74, 6) is 0.0632. The number of carbonyl (C=O) groups is 2. The van der Waals surface area contributed by atoms with Gasteiger partial charge in [-0.3, -0.25) is 9.69 Å². The Balaban J connectivity index is 1.92. The van der Waals surface area contributed by atoms with Crippen molar-refractivity contribution in [3.63, 3.8) is 0 Å². The van der Waals surface area contributed by atoms with Crippen LogP contribution in [0.4, 0.5) is 4.79 Å². The minimum Gasteiger partial charge on any atom is -0.444 e. The van der Waals surface area contributed by atoms with Gasteiger partial charge < -0.3 is 15.0 Å². The van der Waals surface area contributed by atoms with Gasteiger partial charge in [-0.1, -0.05) is 0 Å². The number of piperidine rings is 1. The summed E-state index contributed by atoms with van der Waals surface area (Å²) in [7, 11) is 1.95. The van der Waals surface area contributed by atoms with E-state index in [0.29, 0.717) is 19.6 Å². The molecule has 0 atom stereocenters. The summed E-state index contributed by atoms with van der Waals surface area (Å²) in [4.78, 5) is 27.2. The number of nitrogens with one attached hydrogen (secondary N) is 1. The molecule has 0 aromatic carbocycles. The Bertz CT molecular complexity index is 381. The lowest BCUT2D eigenvalue weighted by atomic mass is 9.97. The van der Waals surface area contributed by atoms with Gasteiger partial charge in [0.15, 0.2) is 0 Å². The molecule has 2 rings (SSSR count). The summed E-state index contributed by atoms with van der Waals surface area (Å²) < 4.78 is 5.36. The maximum absolute atomic E-state index is 12.0. The summed E-state index contributed by atoms with van der Waals surface area (Å²) in [6.07, 6.45) is 1.22. The lowest BCUT2D eigenvalue weighted by Gasteiger charge is -2.42. The van der Waals surface area contributed by atoms with Gasteiger partial charge in [-0.15, -0.1) is 0 Å². The molecule has 6 heteroatoms. The highest BCUT2D eigenvalue weighted by molar-refractivity contribution is 5.81. The fourth-order valence-electron chi connectivity index (χ4n) is 2.65. The molecule has 2 aliphatic heterocycles. The molecule has 2 saturated heterocycles. The van der Waals surface area contributed by atoms with Gasteiger partial charge >= 0.3 is 6.09 Å². The van der Waals surface area contributed by atoms with E-state index in [-0.39, 0.29) is 17.7 Å². The molecule has 0 aromatic heterocycles. The molecule has 0 unspecified atom stereocenters. The first-order valence-corrected chi connectivity index (χ1v) is 6.72. The molecule has 0 radical (unpaired) electrons. The number of nitrogens with zero attached hydrogens (tertiary/aromatic N) is 2. The zero-order valence-corrected chi connectivity index (χ0v) is 12.2. The predicted octanol–water partition coefficient (Wildman–Crippen LogP) is 0.775. The fraction of sp³-hybridized carbons (Fsp3) is 0.846. The molecule has 108 valence electrons. The molecule has 2 aliphatic rings. The number of carbonyl (C=O) groups excluding carboxylic acids is 2. The third kappa shape index (κ3) is 3.00. The maximum Gasteiger partial charge on any atom is 0.410 e. The molecule has 1 spiro atoms. The van der Waals surface area contributed by atoms with Crippen LogP contribution in [0.5, 0.6) is 0 Å². The van der Waals surface area contributed by atoms with Crippen LogP contribution in [0.25, 0.3) is 0 Å². The van der Waals surface area contributed by atoms with E-state index in [9.17, 15) is 9.59 Å². The maximum atomic E-state index is 12.0. The average Bonchev–Trinajstić information content (AvgIpc) is 2.52. The lowest BCUT2D eigenvalue weighted by molar-refractivity contribution is -0.119. The largest absolute Gasteiger partial charge is 0.444 e. The van der Waals surface area contributed by atoms with E-state index in [1.165, 1.54) is 0 Å². The normalized spacial score (nSPS) is 23.6. The van der Waals surface area contributed by atoms with Gasteiger partial charge in [-0.25, -0.2) is 4.79 Å². The lowest BCUT2D eigenvalue weighted by Crippen LogP contribution is -2.58. The van der Waals surface area contributed by atoms with Crippen molar-refractivity contribution < 1.29 is 14.3 Å². The number of amides is 2. The zero-order chi connectivity index (χ0) is 14.3. The van der Waals surface area contributed by atoms with E-state index in [4.69, 9.17) is 4.74 Å². The molecule has 2 fully saturated rings. The second-order valence-corrected chi connectivity index (χ2v) is 6.40. The van der Waals surface area contributed by atoms with Gasteiger partial charge in [-0.05, 0) is 27.8 Å². The average molecular weight is 269 g/mol. The molecule has 6 nitrogen and oxygen atoms in total. The highest BCUT2D eigenvalue weighted by Crippen LogP contribution is 2.29. The third-order valence-electron chi connectivity index (χ3n) is 3.73. The Hall–Kier alpha value is -1.30. The number of hydrogen-bond acceptors (Lipinski definition) is 4. The van der Waals surface area contributed by atoms with E-state index < -0.39 is 5.60 Å². The third-order valence-corrected chi connectivity index (χ3v) is 3.73. The Morgan fingerprint density at radius 1 is 1.32 bits per heavy atom. The van der Waals surface area contributed by atoms with Gasteiger partial charge in [0.2, 0.25) is 5.91 Å². The monoisotopic (exact) mass is 269 g/mol. The van der Waals surface area contributed by atoms with E-state index in [1.807, 2.05) is 32.7 Å². The second-order valence-electron chi connectivity index (χ2n) is 6.40. The van der Waals surface area contributed by atoms with Crippen molar-refractivity contribution in [1.82, 2.24) is 15.1 Å². The molecule has 0 saturated carbocycles. The van der Waals surface area contributed by atoms with Crippen molar-refractivity contribution in [2.24, 2.45) is 0 Å². The van der Waals surface area contributed by atoms with Crippen LogP contribution in [0.3, 0.4) is 0 Å². The van der Waals surface area contributed by atoms with Gasteiger partial charge in [0.25, 0.3) is 0 Å². The highest BCUT2D eigenvalue weighted by Gasteiger charge is 2.45. The standard InChI is InChI=1S/C13H23N3O3/c1-12(2,3)19-11(18)16-7-5-13(6-8-16)14-10(17)9-15(13)4/h5-9H2,1-4H3,(H,14,17). The van der Waals surface area contributed by atoms with Crippen molar-refractivity contribution in [3.8, 4) is 0 Å². The summed E-state index contributed by atoms with van der Waals surface area (Å²) in [5, 5.41) is 3.03. The van der Waals surface area contributed by atoms with Crippen LogP contribution in [0.2, 0.25) is 0 Å². The van der Waals surface area contributed by atoms with Gasteiger partial charge in [0.05, 0.1) is 12.2 Å². The molecule has 0 bridgehead atoms. The van der Waals surface area contributed by atoms with Gasteiger partial charge in [0, 0.05) is 25.9 Å². The number of rotatable bonds is 0. The molecule has 2 heterocycles. The first-order valence-electron chi connectivity index (χ1n) is 6.72. The van der Waals surface area contributed by atoms with E-state index >= 15 is 0 Å². The topological polar surface area (TPSA) is 61.9 Å². The van der Waals surface area contributed by atoms with Crippen LogP contribution < -0.4 is 5.32 Å². The summed E-state index contributed by atoms with van der Waals surface area (Å²) in [5.41, 5.74) is -0.736. The van der Waals surface area contributed by atoms with Crippen LogP contribution in [-0.2, 0) is 9.53 Å². The summed E-state index contributed by atoms with van der Waals surface area (Å²) in [6.45, 7) is 7.25. The minimum absolute atomic E-state index is 0.0632. The predicted molar refractivity (Wildman–Crippen MR) is 70.5 cm³/mol. The Kier molecular flexibility index (Phi) is 3.47. The SMILES string of the molecule is CN1CC(=O)NC12CCN(C(=O)OC(C)(C)C)CC2. The van der Waals surface area contributed by atoms with Gasteiger partial charge in [-0.2, -0.15) is 0 Å². The molecular formula is C13H23N3O3. The first-order chi connectivity index (χ1) is 8.72. The highest BCUT2D eigenvalue weighted by atomic mass is 16.6. The van der Waals surface area contributed by atoms with Crippen molar-refractivity contribution in [1.29, 1.82) is 0 Å². The van der Waals surface area contributed by atoms with Crippen molar-refractivity contribution in [2.45, 2.75) is 44.9 Å². The van der Waals surface area contributed by atoms with Crippen LogP contribution in [0.15, 0.2) is 0 Å². The number of likely N-dealkylation sites (tertiary alicyclic amines) is 1. The van der Waals surface area contributed by atoms with Crippen LogP contribution in [0.1, 0.15) is 33.6 Å². The summed E-state index contributed by atoms with van der Waals surface area (Å²) >= 11 is 0. The molecule has 1 N–H and O–H groups in total. The smallest absolute Gasteiger partial charge is 0.410 e. The Labute approximate surface area is 114 Å². The molecule has 0 aromatic rings. The zero-order valence-electron chi connectivity index (χ0n) is 12.2. The van der Waals surface area contributed by atoms with Crippen LogP contribution in [0, 0.1) is 0 Å². The first kappa shape index (κ1) is 14.1. The number of hydrogen-bond donors (Lipinski definition) is 1. The summed E-state index contributed by atoms with van der Waals surface area (Å²) in [6, 6.07) is 0. The minimum atomic E-state index is -0.468. The molecule has 19 heavy (non-hydrogen) atoms. The fourth-order valence-corrected chi connectivity index (χ4v) is 2.65. The number of likely N-dealkylation sites (N-methyl/N-ethyl adjacent to an activating group) is 1. The van der Waals surface area contributed by atoms with Gasteiger partial charge in [0.1, 0.15) is 5.60 Å². The molecular weight excluding hydrogens is 246 g/mol. The Morgan fingerprint density at radius 2 is 1.89 bits per heavy atom. The number of ether oxygens (including phenoxy) is 1. The Morgan fingerprint density at radius 3 is 2.32 bits per heavy atom. The van der Waals surface area contributed by atoms with Crippen molar-refractivity contribution in [2.75, 3.05) is 26.7 Å². The molecule has 0 aliphatic carbocycles. The van der Waals surface area contributed by atoms with Crippen molar-refractivity contribution >= 4 is 12.0 Å². The van der Waals surface area contributed by atoms with Crippen LogP contribution in [-0.4, -0.2) is 59.7 Å². The van der Waals surface area contributed by atoms with E-state index in [0.717, 1.165) is 12.8 Å². The quantitative estimate of drug-likeness (QED) is 0.706. The second kappa shape index (κ2) is 4.67.